The quantitative estimate of drug-likeness (QED) is 0.322. The fourth-order valence-corrected chi connectivity index (χ4v) is 3.27. The van der Waals surface area contributed by atoms with E-state index in [9.17, 15) is 14.9 Å². The van der Waals surface area contributed by atoms with Gasteiger partial charge >= 0.3 is 0 Å². The average molecular weight is 428 g/mol. The zero-order valence-corrected chi connectivity index (χ0v) is 17.5. The molecule has 0 aliphatic carbocycles. The van der Waals surface area contributed by atoms with Crippen LogP contribution in [0.5, 0.6) is 5.75 Å². The van der Waals surface area contributed by atoms with Gasteiger partial charge < -0.3 is 14.5 Å². The highest BCUT2D eigenvalue weighted by molar-refractivity contribution is 7.99. The van der Waals surface area contributed by atoms with Crippen molar-refractivity contribution in [1.29, 1.82) is 0 Å². The number of rotatable bonds is 8. The number of hydrogen-bond acceptors (Lipinski definition) is 8. The highest BCUT2D eigenvalue weighted by Crippen LogP contribution is 2.23. The number of carbonyl (C=O) groups excluding carboxylic acids is 1. The van der Waals surface area contributed by atoms with E-state index in [1.165, 1.54) is 12.1 Å². The molecule has 1 amide bonds. The maximum Gasteiger partial charge on any atom is 0.277 e. The molecular formula is C20H20N4O5S. The summed E-state index contributed by atoms with van der Waals surface area (Å²) in [6.07, 6.45) is 0. The molecule has 0 radical (unpaired) electrons. The molecule has 0 atom stereocenters. The van der Waals surface area contributed by atoms with E-state index in [4.69, 9.17) is 9.15 Å². The van der Waals surface area contributed by atoms with E-state index in [1.54, 1.807) is 13.0 Å². The Morgan fingerprint density at radius 1 is 1.17 bits per heavy atom. The van der Waals surface area contributed by atoms with Gasteiger partial charge in [0.1, 0.15) is 5.75 Å². The lowest BCUT2D eigenvalue weighted by atomic mass is 10.1. The first-order valence-corrected chi connectivity index (χ1v) is 10.00. The smallest absolute Gasteiger partial charge is 0.277 e. The number of aromatic nitrogens is 2. The van der Waals surface area contributed by atoms with Gasteiger partial charge in [-0.1, -0.05) is 23.9 Å². The first-order valence-electron chi connectivity index (χ1n) is 9.01. The van der Waals surface area contributed by atoms with E-state index in [2.05, 4.69) is 21.6 Å². The predicted octanol–water partition coefficient (Wildman–Crippen LogP) is 4.21. The van der Waals surface area contributed by atoms with Crippen LogP contribution in [0.25, 0.3) is 0 Å². The Kier molecular flexibility index (Phi) is 6.68. The third kappa shape index (κ3) is 5.80. The Bertz CT molecular complexity index is 1060. The Morgan fingerprint density at radius 3 is 2.60 bits per heavy atom. The van der Waals surface area contributed by atoms with Crippen molar-refractivity contribution in [2.75, 3.05) is 11.1 Å². The maximum absolute atomic E-state index is 12.2. The maximum atomic E-state index is 12.2. The number of thioether (sulfide) groups is 1. The zero-order valence-electron chi connectivity index (χ0n) is 16.7. The number of amides is 1. The third-order valence-electron chi connectivity index (χ3n) is 4.04. The second-order valence-electron chi connectivity index (χ2n) is 6.67. The van der Waals surface area contributed by atoms with E-state index < -0.39 is 4.92 Å². The Labute approximate surface area is 177 Å². The van der Waals surface area contributed by atoms with Gasteiger partial charge in [-0.15, -0.1) is 10.2 Å². The van der Waals surface area contributed by atoms with Gasteiger partial charge in [-0.3, -0.25) is 14.9 Å². The summed E-state index contributed by atoms with van der Waals surface area (Å²) in [4.78, 5) is 22.6. The van der Waals surface area contributed by atoms with Crippen molar-refractivity contribution < 1.29 is 18.9 Å². The minimum Gasteiger partial charge on any atom is -0.484 e. The predicted molar refractivity (Wildman–Crippen MR) is 112 cm³/mol. The molecule has 1 heterocycles. The number of non-ortho nitro benzene ring substituents is 1. The van der Waals surface area contributed by atoms with Crippen molar-refractivity contribution in [3.63, 3.8) is 0 Å². The number of benzene rings is 2. The summed E-state index contributed by atoms with van der Waals surface area (Å²) in [7, 11) is 0. The van der Waals surface area contributed by atoms with E-state index in [-0.39, 0.29) is 29.2 Å². The topological polar surface area (TPSA) is 120 Å². The largest absolute Gasteiger partial charge is 0.484 e. The van der Waals surface area contributed by atoms with Gasteiger partial charge in [-0.05, 0) is 49.6 Å². The Morgan fingerprint density at radius 2 is 1.90 bits per heavy atom. The number of nitro groups is 1. The SMILES string of the molecule is Cc1cc(C)cc(OCc2nnc(SCC(=O)Nc3cc([N+](=O)[O-])ccc3C)o2)c1. The number of ether oxygens (including phenoxy) is 1. The molecule has 2 aromatic carbocycles. The van der Waals surface area contributed by atoms with Crippen molar-refractivity contribution in [1.82, 2.24) is 10.2 Å². The lowest BCUT2D eigenvalue weighted by Gasteiger charge is -2.07. The van der Waals surface area contributed by atoms with Crippen molar-refractivity contribution in [2.45, 2.75) is 32.6 Å². The number of nitrogens with zero attached hydrogens (tertiary/aromatic N) is 3. The molecule has 9 nitrogen and oxygen atoms in total. The molecule has 1 N–H and O–H groups in total. The molecule has 0 aliphatic heterocycles. The lowest BCUT2D eigenvalue weighted by molar-refractivity contribution is -0.384. The van der Waals surface area contributed by atoms with Crippen LogP contribution in [0.1, 0.15) is 22.6 Å². The molecule has 3 aromatic rings. The summed E-state index contributed by atoms with van der Waals surface area (Å²) in [5.41, 5.74) is 3.22. The minimum atomic E-state index is -0.510. The van der Waals surface area contributed by atoms with Gasteiger partial charge in [0.05, 0.1) is 16.4 Å². The van der Waals surface area contributed by atoms with Crippen LogP contribution in [0.4, 0.5) is 11.4 Å². The minimum absolute atomic E-state index is 0.0156. The monoisotopic (exact) mass is 428 g/mol. The zero-order chi connectivity index (χ0) is 21.7. The number of hydrogen-bond donors (Lipinski definition) is 1. The van der Waals surface area contributed by atoms with Gasteiger partial charge in [0.25, 0.3) is 16.8 Å². The molecule has 0 bridgehead atoms. The van der Waals surface area contributed by atoms with Crippen LogP contribution in [0.15, 0.2) is 46.0 Å². The molecule has 30 heavy (non-hydrogen) atoms. The van der Waals surface area contributed by atoms with Crippen LogP contribution in [0, 0.1) is 30.9 Å². The first-order chi connectivity index (χ1) is 14.3. The molecule has 1 aromatic heterocycles. The summed E-state index contributed by atoms with van der Waals surface area (Å²) in [6.45, 7) is 5.85. The van der Waals surface area contributed by atoms with Crippen molar-refractivity contribution in [3.05, 3.63) is 69.1 Å². The molecule has 0 spiro atoms. The fourth-order valence-electron chi connectivity index (χ4n) is 2.69. The summed E-state index contributed by atoms with van der Waals surface area (Å²) < 4.78 is 11.2. The highest BCUT2D eigenvalue weighted by atomic mass is 32.2. The summed E-state index contributed by atoms with van der Waals surface area (Å²) in [6, 6.07) is 10.2. The van der Waals surface area contributed by atoms with Crippen LogP contribution < -0.4 is 10.1 Å². The highest BCUT2D eigenvalue weighted by Gasteiger charge is 2.14. The first kappa shape index (κ1) is 21.3. The third-order valence-corrected chi connectivity index (χ3v) is 4.86. The molecule has 0 saturated carbocycles. The van der Waals surface area contributed by atoms with Crippen molar-refractivity contribution in [2.24, 2.45) is 0 Å². The van der Waals surface area contributed by atoms with E-state index in [0.29, 0.717) is 17.3 Å². The number of aryl methyl sites for hydroxylation is 3. The fraction of sp³-hybridized carbons (Fsp3) is 0.250. The average Bonchev–Trinajstić information content (AvgIpc) is 3.13. The summed E-state index contributed by atoms with van der Waals surface area (Å²) in [5.74, 6) is 0.690. The normalized spacial score (nSPS) is 10.6. The van der Waals surface area contributed by atoms with Crippen molar-refractivity contribution in [3.8, 4) is 5.75 Å². The summed E-state index contributed by atoms with van der Waals surface area (Å²) >= 11 is 1.07. The molecule has 0 aliphatic rings. The van der Waals surface area contributed by atoms with Crippen LogP contribution >= 0.6 is 11.8 Å². The lowest BCUT2D eigenvalue weighted by Crippen LogP contribution is -2.15. The second kappa shape index (κ2) is 9.40. The molecule has 3 rings (SSSR count). The van der Waals surface area contributed by atoms with Gasteiger partial charge in [-0.2, -0.15) is 0 Å². The van der Waals surface area contributed by atoms with E-state index in [1.807, 2.05) is 26.0 Å². The second-order valence-corrected chi connectivity index (χ2v) is 7.59. The van der Waals surface area contributed by atoms with Crippen LogP contribution in [0.2, 0.25) is 0 Å². The number of anilines is 1. The van der Waals surface area contributed by atoms with Gasteiger partial charge in [0, 0.05) is 12.1 Å². The van der Waals surface area contributed by atoms with Crippen LogP contribution in [0.3, 0.4) is 0 Å². The molecule has 0 saturated heterocycles. The standard InChI is InChI=1S/C20H20N4O5S/c1-12-6-13(2)8-16(7-12)28-10-19-22-23-20(29-19)30-11-18(25)21-17-9-15(24(26)27)5-4-14(17)3/h4-9H,10-11H2,1-3H3,(H,21,25). The number of carbonyl (C=O) groups is 1. The Balaban J connectivity index is 1.52. The van der Waals surface area contributed by atoms with Gasteiger partial charge in [0.2, 0.25) is 5.91 Å². The van der Waals surface area contributed by atoms with Crippen LogP contribution in [-0.4, -0.2) is 26.8 Å². The van der Waals surface area contributed by atoms with Gasteiger partial charge in [-0.25, -0.2) is 0 Å². The Hall–Kier alpha value is -3.40. The molecule has 10 heteroatoms. The van der Waals surface area contributed by atoms with Gasteiger partial charge in [0.15, 0.2) is 6.61 Å². The van der Waals surface area contributed by atoms with Crippen LogP contribution in [-0.2, 0) is 11.4 Å². The molecular weight excluding hydrogens is 408 g/mol. The van der Waals surface area contributed by atoms with Crippen molar-refractivity contribution >= 4 is 29.0 Å². The number of nitro benzene ring substituents is 1. The molecule has 0 fully saturated rings. The molecule has 0 unspecified atom stereocenters. The van der Waals surface area contributed by atoms with E-state index in [0.717, 1.165) is 28.5 Å². The number of nitrogens with one attached hydrogen (secondary N) is 1. The summed E-state index contributed by atoms with van der Waals surface area (Å²) in [5, 5.41) is 21.6. The van der Waals surface area contributed by atoms with E-state index >= 15 is 0 Å². The molecule has 156 valence electrons.